The number of anilines is 1. The van der Waals surface area contributed by atoms with Crippen LogP contribution in [0.3, 0.4) is 0 Å². The molecule has 0 fully saturated rings. The van der Waals surface area contributed by atoms with Crippen LogP contribution in [-0.4, -0.2) is 50.2 Å². The molecule has 0 saturated carbocycles. The van der Waals surface area contributed by atoms with E-state index in [4.69, 9.17) is 4.98 Å². The Bertz CT molecular complexity index is 390. The van der Waals surface area contributed by atoms with E-state index in [1.54, 1.807) is 0 Å². The summed E-state index contributed by atoms with van der Waals surface area (Å²) in [6, 6.07) is 4.39. The third kappa shape index (κ3) is 5.88. The highest BCUT2D eigenvalue weighted by atomic mass is 15.2. The fourth-order valence-electron chi connectivity index (χ4n) is 2.19. The molecule has 0 unspecified atom stereocenters. The van der Waals surface area contributed by atoms with Crippen LogP contribution < -0.4 is 10.2 Å². The number of aromatic nitrogens is 1. The molecule has 1 rings (SSSR count). The van der Waals surface area contributed by atoms with E-state index in [9.17, 15) is 0 Å². The zero-order valence-electron chi connectivity index (χ0n) is 13.7. The fourth-order valence-corrected chi connectivity index (χ4v) is 2.19. The Morgan fingerprint density at radius 3 is 2.45 bits per heavy atom. The number of hydrogen-bond donors (Lipinski definition) is 1. The Balaban J connectivity index is 2.84. The van der Waals surface area contributed by atoms with E-state index in [2.05, 4.69) is 62.1 Å². The van der Waals surface area contributed by atoms with Gasteiger partial charge >= 0.3 is 0 Å². The first-order valence-electron chi connectivity index (χ1n) is 7.64. The van der Waals surface area contributed by atoms with Crippen molar-refractivity contribution in [2.75, 3.05) is 45.2 Å². The first kappa shape index (κ1) is 16.9. The van der Waals surface area contributed by atoms with Crippen LogP contribution in [0.5, 0.6) is 0 Å². The van der Waals surface area contributed by atoms with E-state index in [-0.39, 0.29) is 0 Å². The number of nitrogens with one attached hydrogen (secondary N) is 1. The summed E-state index contributed by atoms with van der Waals surface area (Å²) >= 11 is 0. The van der Waals surface area contributed by atoms with Gasteiger partial charge in [0.15, 0.2) is 0 Å². The highest BCUT2D eigenvalue weighted by Crippen LogP contribution is 2.15. The van der Waals surface area contributed by atoms with Crippen LogP contribution in [0, 0.1) is 6.92 Å². The summed E-state index contributed by atoms with van der Waals surface area (Å²) in [5, 5.41) is 3.39. The number of nitrogens with zero attached hydrogens (tertiary/aromatic N) is 3. The molecule has 20 heavy (non-hydrogen) atoms. The maximum atomic E-state index is 4.72. The Morgan fingerprint density at radius 2 is 1.85 bits per heavy atom. The van der Waals surface area contributed by atoms with Crippen molar-refractivity contribution in [3.8, 4) is 0 Å². The van der Waals surface area contributed by atoms with Crippen molar-refractivity contribution in [1.82, 2.24) is 15.2 Å². The van der Waals surface area contributed by atoms with Crippen LogP contribution in [0.2, 0.25) is 0 Å². The molecule has 1 aromatic rings. The summed E-state index contributed by atoms with van der Waals surface area (Å²) in [5.74, 6) is 1.11. The molecule has 0 aromatic carbocycles. The average molecular weight is 278 g/mol. The van der Waals surface area contributed by atoms with Crippen molar-refractivity contribution in [3.05, 3.63) is 23.4 Å². The van der Waals surface area contributed by atoms with Crippen molar-refractivity contribution in [3.63, 3.8) is 0 Å². The summed E-state index contributed by atoms with van der Waals surface area (Å²) in [7, 11) is 4.23. The lowest BCUT2D eigenvalue weighted by molar-refractivity contribution is 0.412. The van der Waals surface area contributed by atoms with Crippen molar-refractivity contribution < 1.29 is 0 Å². The Morgan fingerprint density at radius 1 is 1.10 bits per heavy atom. The van der Waals surface area contributed by atoms with Gasteiger partial charge < -0.3 is 15.1 Å². The Hall–Kier alpha value is -1.13. The van der Waals surface area contributed by atoms with Gasteiger partial charge in [-0.25, -0.2) is 4.98 Å². The minimum absolute atomic E-state index is 0.917. The lowest BCUT2D eigenvalue weighted by Crippen LogP contribution is -2.33. The molecule has 0 spiro atoms. The Kier molecular flexibility index (Phi) is 7.55. The van der Waals surface area contributed by atoms with Gasteiger partial charge in [0, 0.05) is 31.9 Å². The molecule has 4 nitrogen and oxygen atoms in total. The quantitative estimate of drug-likeness (QED) is 0.751. The second-order valence-electron chi connectivity index (χ2n) is 5.55. The van der Waals surface area contributed by atoms with Crippen LogP contribution in [0.15, 0.2) is 12.1 Å². The fraction of sp³-hybridized carbons (Fsp3) is 0.688. The molecule has 0 saturated heterocycles. The van der Waals surface area contributed by atoms with Crippen LogP contribution in [0.1, 0.15) is 31.5 Å². The zero-order valence-corrected chi connectivity index (χ0v) is 13.7. The van der Waals surface area contributed by atoms with Gasteiger partial charge in [0.1, 0.15) is 5.82 Å². The van der Waals surface area contributed by atoms with Crippen molar-refractivity contribution >= 4 is 5.82 Å². The predicted octanol–water partition coefficient (Wildman–Crippen LogP) is 2.28. The van der Waals surface area contributed by atoms with Crippen LogP contribution in [0.4, 0.5) is 5.82 Å². The number of hydrogen-bond acceptors (Lipinski definition) is 4. The maximum absolute atomic E-state index is 4.72. The minimum Gasteiger partial charge on any atom is -0.355 e. The van der Waals surface area contributed by atoms with Crippen molar-refractivity contribution in [2.45, 2.75) is 33.7 Å². The minimum atomic E-state index is 0.917. The topological polar surface area (TPSA) is 31.4 Å². The lowest BCUT2D eigenvalue weighted by Gasteiger charge is -2.25. The van der Waals surface area contributed by atoms with Crippen LogP contribution in [-0.2, 0) is 6.54 Å². The lowest BCUT2D eigenvalue weighted by atomic mass is 10.2. The molecule has 1 N–H and O–H groups in total. The van der Waals surface area contributed by atoms with Gasteiger partial charge in [-0.05, 0) is 51.7 Å². The molecule has 0 aliphatic heterocycles. The molecule has 114 valence electrons. The van der Waals surface area contributed by atoms with E-state index in [0.717, 1.165) is 50.7 Å². The van der Waals surface area contributed by atoms with Gasteiger partial charge in [0.05, 0.1) is 0 Å². The third-order valence-corrected chi connectivity index (χ3v) is 3.21. The molecule has 1 heterocycles. The van der Waals surface area contributed by atoms with Crippen molar-refractivity contribution in [2.24, 2.45) is 0 Å². The molecule has 0 aliphatic rings. The van der Waals surface area contributed by atoms with E-state index in [0.29, 0.717) is 0 Å². The molecule has 0 bridgehead atoms. The summed E-state index contributed by atoms with van der Waals surface area (Å²) < 4.78 is 0. The second-order valence-corrected chi connectivity index (χ2v) is 5.55. The van der Waals surface area contributed by atoms with E-state index in [1.165, 1.54) is 5.56 Å². The molecule has 0 radical (unpaired) electrons. The number of pyridine rings is 1. The van der Waals surface area contributed by atoms with Gasteiger partial charge in [-0.1, -0.05) is 13.8 Å². The van der Waals surface area contributed by atoms with Gasteiger partial charge in [0.2, 0.25) is 0 Å². The normalized spacial score (nSPS) is 11.1. The molecule has 0 aliphatic carbocycles. The SMILES string of the molecule is CCCN(CCN(C)C)c1cc(CNCC)cc(C)n1. The van der Waals surface area contributed by atoms with Gasteiger partial charge in [-0.2, -0.15) is 0 Å². The van der Waals surface area contributed by atoms with Crippen molar-refractivity contribution in [1.29, 1.82) is 0 Å². The molecular formula is C16H30N4. The zero-order chi connectivity index (χ0) is 15.0. The number of likely N-dealkylation sites (N-methyl/N-ethyl adjacent to an activating group) is 1. The highest BCUT2D eigenvalue weighted by molar-refractivity contribution is 5.42. The molecule has 1 aromatic heterocycles. The molecule has 0 amide bonds. The summed E-state index contributed by atoms with van der Waals surface area (Å²) in [6.07, 6.45) is 1.14. The first-order valence-corrected chi connectivity index (χ1v) is 7.64. The number of aryl methyl sites for hydroxylation is 1. The Labute approximate surface area is 124 Å². The summed E-state index contributed by atoms with van der Waals surface area (Å²) in [5.41, 5.74) is 2.42. The number of rotatable bonds is 9. The second kappa shape index (κ2) is 8.93. The standard InChI is InChI=1S/C16H30N4/c1-6-8-20(10-9-19(4)5)16-12-15(13-17-7-2)11-14(3)18-16/h11-12,17H,6-10,13H2,1-5H3. The first-order chi connectivity index (χ1) is 9.56. The van der Waals surface area contributed by atoms with Gasteiger partial charge in [-0.3, -0.25) is 0 Å². The van der Waals surface area contributed by atoms with Gasteiger partial charge in [-0.15, -0.1) is 0 Å². The monoisotopic (exact) mass is 278 g/mol. The van der Waals surface area contributed by atoms with Crippen LogP contribution in [0.25, 0.3) is 0 Å². The molecular weight excluding hydrogens is 248 g/mol. The molecule has 4 heteroatoms. The summed E-state index contributed by atoms with van der Waals surface area (Å²) in [4.78, 5) is 9.33. The maximum Gasteiger partial charge on any atom is 0.129 e. The van der Waals surface area contributed by atoms with Gasteiger partial charge in [0.25, 0.3) is 0 Å². The average Bonchev–Trinajstić information content (AvgIpc) is 2.40. The largest absolute Gasteiger partial charge is 0.355 e. The molecule has 0 atom stereocenters. The van der Waals surface area contributed by atoms with E-state index in [1.807, 2.05) is 0 Å². The van der Waals surface area contributed by atoms with E-state index >= 15 is 0 Å². The highest BCUT2D eigenvalue weighted by Gasteiger charge is 2.09. The van der Waals surface area contributed by atoms with E-state index < -0.39 is 0 Å². The summed E-state index contributed by atoms with van der Waals surface area (Å²) in [6.45, 7) is 11.5. The smallest absolute Gasteiger partial charge is 0.129 e. The predicted molar refractivity (Wildman–Crippen MR) is 87.4 cm³/mol. The van der Waals surface area contributed by atoms with Crippen LogP contribution >= 0.6 is 0 Å². The third-order valence-electron chi connectivity index (χ3n) is 3.21.